The molecule has 0 aliphatic carbocycles. The first-order chi connectivity index (χ1) is 11.1. The summed E-state index contributed by atoms with van der Waals surface area (Å²) in [4.78, 5) is 12.0. The largest absolute Gasteiger partial charge is 0.357 e. The van der Waals surface area contributed by atoms with Gasteiger partial charge in [-0.1, -0.05) is 52.9 Å². The molecule has 0 radical (unpaired) electrons. The van der Waals surface area contributed by atoms with Crippen molar-refractivity contribution in [3.05, 3.63) is 47.5 Å². The number of nitrogens with one attached hydrogen (secondary N) is 2. The molecule has 0 aliphatic rings. The van der Waals surface area contributed by atoms with E-state index in [1.54, 1.807) is 6.08 Å². The molecule has 0 aliphatic heterocycles. The number of nitrogens with zero attached hydrogens (tertiary/aromatic N) is 2. The lowest BCUT2D eigenvalue weighted by Crippen LogP contribution is -2.28. The summed E-state index contributed by atoms with van der Waals surface area (Å²) in [7, 11) is 0. The summed E-state index contributed by atoms with van der Waals surface area (Å²) in [5.41, 5.74) is 0.975. The van der Waals surface area contributed by atoms with Crippen LogP contribution in [0.2, 0.25) is 5.02 Å². The van der Waals surface area contributed by atoms with E-state index in [9.17, 15) is 4.79 Å². The van der Waals surface area contributed by atoms with Crippen LogP contribution in [0.3, 0.4) is 0 Å². The predicted molar refractivity (Wildman–Crippen MR) is 97.3 cm³/mol. The molecule has 0 spiro atoms. The number of aromatic nitrogens is 2. The molecule has 23 heavy (non-hydrogen) atoms. The highest BCUT2D eigenvalue weighted by molar-refractivity contribution is 8.01. The lowest BCUT2D eigenvalue weighted by atomic mass is 10.1. The van der Waals surface area contributed by atoms with E-state index >= 15 is 0 Å². The number of benzene rings is 1. The van der Waals surface area contributed by atoms with Crippen molar-refractivity contribution in [2.24, 2.45) is 0 Å². The van der Waals surface area contributed by atoms with Gasteiger partial charge in [-0.3, -0.25) is 4.79 Å². The van der Waals surface area contributed by atoms with Crippen LogP contribution in [0, 0.1) is 0 Å². The molecule has 1 aromatic heterocycles. The summed E-state index contributed by atoms with van der Waals surface area (Å²) in [6, 6.07) is 7.37. The third-order valence-corrected chi connectivity index (χ3v) is 5.11. The van der Waals surface area contributed by atoms with Crippen molar-refractivity contribution in [2.45, 2.75) is 17.3 Å². The first-order valence-corrected chi connectivity index (χ1v) is 9.12. The van der Waals surface area contributed by atoms with Crippen LogP contribution in [0.1, 0.15) is 18.5 Å². The van der Waals surface area contributed by atoms with Gasteiger partial charge in [0.05, 0.1) is 11.8 Å². The molecule has 0 saturated carbocycles. The summed E-state index contributed by atoms with van der Waals surface area (Å²) < 4.78 is 0.752. The molecule has 1 heterocycles. The van der Waals surface area contributed by atoms with E-state index in [-0.39, 0.29) is 11.9 Å². The van der Waals surface area contributed by atoms with Crippen molar-refractivity contribution >= 4 is 45.7 Å². The maximum absolute atomic E-state index is 12.0. The SMILES string of the molecule is C=CCNc1nnc(SCC(=O)NC(C)c2cccc(Cl)c2)s1. The Bertz CT molecular complexity index is 677. The van der Waals surface area contributed by atoms with E-state index < -0.39 is 0 Å². The smallest absolute Gasteiger partial charge is 0.230 e. The van der Waals surface area contributed by atoms with E-state index in [0.717, 1.165) is 15.0 Å². The quantitative estimate of drug-likeness (QED) is 0.548. The van der Waals surface area contributed by atoms with Gasteiger partial charge in [0.2, 0.25) is 11.0 Å². The number of carbonyl (C=O) groups excluding carboxylic acids is 1. The van der Waals surface area contributed by atoms with Gasteiger partial charge in [-0.25, -0.2) is 0 Å². The molecule has 2 N–H and O–H groups in total. The van der Waals surface area contributed by atoms with Gasteiger partial charge < -0.3 is 10.6 Å². The normalized spacial score (nSPS) is 11.7. The first-order valence-electron chi connectivity index (χ1n) is 6.94. The molecule has 1 atom stereocenters. The predicted octanol–water partition coefficient (Wildman–Crippen LogP) is 3.76. The van der Waals surface area contributed by atoms with Crippen LogP contribution in [-0.4, -0.2) is 28.4 Å². The lowest BCUT2D eigenvalue weighted by molar-refractivity contribution is -0.119. The maximum Gasteiger partial charge on any atom is 0.230 e. The van der Waals surface area contributed by atoms with Crippen LogP contribution in [0.5, 0.6) is 0 Å². The summed E-state index contributed by atoms with van der Waals surface area (Å²) in [6.45, 7) is 6.19. The van der Waals surface area contributed by atoms with Crippen molar-refractivity contribution in [1.29, 1.82) is 0 Å². The van der Waals surface area contributed by atoms with Gasteiger partial charge in [0.15, 0.2) is 4.34 Å². The van der Waals surface area contributed by atoms with E-state index in [4.69, 9.17) is 11.6 Å². The van der Waals surface area contributed by atoms with Gasteiger partial charge in [-0.15, -0.1) is 16.8 Å². The number of thioether (sulfide) groups is 1. The van der Waals surface area contributed by atoms with E-state index in [0.29, 0.717) is 17.3 Å². The molecule has 2 aromatic rings. The van der Waals surface area contributed by atoms with Crippen molar-refractivity contribution in [2.75, 3.05) is 17.6 Å². The number of rotatable bonds is 8. The fourth-order valence-corrected chi connectivity index (χ4v) is 3.54. The minimum absolute atomic E-state index is 0.0572. The molecular weight excluding hydrogens is 352 g/mol. The molecule has 0 saturated heterocycles. The Morgan fingerprint density at radius 3 is 3.09 bits per heavy atom. The Hall–Kier alpha value is -1.57. The lowest BCUT2D eigenvalue weighted by Gasteiger charge is -2.14. The highest BCUT2D eigenvalue weighted by Crippen LogP contribution is 2.25. The van der Waals surface area contributed by atoms with Crippen LogP contribution in [0.25, 0.3) is 0 Å². The third kappa shape index (κ3) is 5.85. The number of hydrogen-bond donors (Lipinski definition) is 2. The zero-order valence-electron chi connectivity index (χ0n) is 12.6. The van der Waals surface area contributed by atoms with Gasteiger partial charge in [0.25, 0.3) is 0 Å². The van der Waals surface area contributed by atoms with Crippen molar-refractivity contribution in [3.63, 3.8) is 0 Å². The topological polar surface area (TPSA) is 66.9 Å². The van der Waals surface area contributed by atoms with Crippen LogP contribution in [-0.2, 0) is 4.79 Å². The van der Waals surface area contributed by atoms with E-state index in [1.807, 2.05) is 31.2 Å². The van der Waals surface area contributed by atoms with Crippen molar-refractivity contribution in [1.82, 2.24) is 15.5 Å². The molecule has 0 fully saturated rings. The number of anilines is 1. The summed E-state index contributed by atoms with van der Waals surface area (Å²) in [6.07, 6.45) is 1.75. The molecule has 1 amide bonds. The summed E-state index contributed by atoms with van der Waals surface area (Å²) in [5, 5.41) is 15.4. The van der Waals surface area contributed by atoms with Crippen LogP contribution in [0.15, 0.2) is 41.3 Å². The van der Waals surface area contributed by atoms with Gasteiger partial charge in [-0.2, -0.15) is 0 Å². The second-order valence-corrected chi connectivity index (χ2v) is 7.31. The summed E-state index contributed by atoms with van der Waals surface area (Å²) >= 11 is 8.74. The second kappa shape index (κ2) is 8.90. The Balaban J connectivity index is 1.80. The molecule has 1 aromatic carbocycles. The molecule has 2 rings (SSSR count). The molecule has 0 bridgehead atoms. The zero-order chi connectivity index (χ0) is 16.7. The summed E-state index contributed by atoms with van der Waals surface area (Å²) in [5.74, 6) is 0.236. The van der Waals surface area contributed by atoms with Crippen LogP contribution < -0.4 is 10.6 Å². The fourth-order valence-electron chi connectivity index (χ4n) is 1.77. The number of amides is 1. The minimum atomic E-state index is -0.0963. The number of halogens is 1. The van der Waals surface area contributed by atoms with Crippen molar-refractivity contribution < 1.29 is 4.79 Å². The van der Waals surface area contributed by atoms with Gasteiger partial charge in [0, 0.05) is 11.6 Å². The number of carbonyl (C=O) groups is 1. The van der Waals surface area contributed by atoms with Gasteiger partial charge >= 0.3 is 0 Å². The van der Waals surface area contributed by atoms with E-state index in [2.05, 4.69) is 27.4 Å². The van der Waals surface area contributed by atoms with Crippen molar-refractivity contribution in [3.8, 4) is 0 Å². The van der Waals surface area contributed by atoms with Gasteiger partial charge in [0.1, 0.15) is 0 Å². The molecular formula is C15H17ClN4OS2. The minimum Gasteiger partial charge on any atom is -0.357 e. The Morgan fingerprint density at radius 2 is 2.35 bits per heavy atom. The molecule has 5 nitrogen and oxygen atoms in total. The Labute approximate surface area is 148 Å². The molecule has 1 unspecified atom stereocenters. The zero-order valence-corrected chi connectivity index (χ0v) is 15.0. The standard InChI is InChI=1S/C15H17ClN4OS2/c1-3-7-17-14-19-20-15(23-14)22-9-13(21)18-10(2)11-5-4-6-12(16)8-11/h3-6,8,10H,1,7,9H2,2H3,(H,17,19)(H,18,21). The highest BCUT2D eigenvalue weighted by atomic mass is 35.5. The third-order valence-electron chi connectivity index (χ3n) is 2.86. The maximum atomic E-state index is 12.0. The Kier molecular flexibility index (Phi) is 6.88. The second-order valence-electron chi connectivity index (χ2n) is 4.68. The molecule has 8 heteroatoms. The Morgan fingerprint density at radius 1 is 1.52 bits per heavy atom. The van der Waals surface area contributed by atoms with E-state index in [1.165, 1.54) is 23.1 Å². The van der Waals surface area contributed by atoms with Crippen LogP contribution in [0.4, 0.5) is 5.13 Å². The van der Waals surface area contributed by atoms with Crippen LogP contribution >= 0.6 is 34.7 Å². The fraction of sp³-hybridized carbons (Fsp3) is 0.267. The average molecular weight is 369 g/mol. The highest BCUT2D eigenvalue weighted by Gasteiger charge is 2.12. The monoisotopic (exact) mass is 368 g/mol. The number of hydrogen-bond acceptors (Lipinski definition) is 6. The molecule has 122 valence electrons. The first kappa shape index (κ1) is 17.8. The average Bonchev–Trinajstić information content (AvgIpc) is 2.99. The van der Waals surface area contributed by atoms with Gasteiger partial charge in [-0.05, 0) is 24.6 Å².